The summed E-state index contributed by atoms with van der Waals surface area (Å²) in [5, 5.41) is 0. The molecule has 0 spiro atoms. The summed E-state index contributed by atoms with van der Waals surface area (Å²) in [4.78, 5) is 0. The van der Waals surface area contributed by atoms with Gasteiger partial charge in [-0.25, -0.2) is 0 Å². The standard InChI is InChI=1S/C7H8O3S.C2H6O3S.C2H6/c8-11(9,10)6-7-4-2-1-3-5-7;1-2-6(3,4)5;1-2/h1-5H,6H2,(H,8,9,10);2H2,1H3,(H,3,4,5);1-2H3. The number of hydrogen-bond acceptors (Lipinski definition) is 4. The molecule has 1 aromatic rings. The van der Waals surface area contributed by atoms with Gasteiger partial charge in [-0.1, -0.05) is 44.2 Å². The van der Waals surface area contributed by atoms with Gasteiger partial charge >= 0.3 is 0 Å². The summed E-state index contributed by atoms with van der Waals surface area (Å²) >= 11 is 0. The molecule has 1 aromatic carbocycles. The summed E-state index contributed by atoms with van der Waals surface area (Å²) in [6, 6.07) is 8.52. The van der Waals surface area contributed by atoms with Gasteiger partial charge in [-0.2, -0.15) is 16.8 Å². The molecule has 0 aromatic heterocycles. The van der Waals surface area contributed by atoms with E-state index in [2.05, 4.69) is 0 Å². The highest BCUT2D eigenvalue weighted by molar-refractivity contribution is 7.85. The molecule has 0 aliphatic heterocycles. The van der Waals surface area contributed by atoms with Gasteiger partial charge in [-0.05, 0) is 12.5 Å². The predicted octanol–water partition coefficient (Wildman–Crippen LogP) is 1.99. The van der Waals surface area contributed by atoms with Gasteiger partial charge in [0.15, 0.2) is 0 Å². The minimum Gasteiger partial charge on any atom is -0.286 e. The molecule has 0 heterocycles. The van der Waals surface area contributed by atoms with E-state index in [9.17, 15) is 16.8 Å². The second kappa shape index (κ2) is 9.90. The first-order chi connectivity index (χ1) is 8.64. The molecule has 0 aliphatic rings. The quantitative estimate of drug-likeness (QED) is 0.826. The van der Waals surface area contributed by atoms with Crippen LogP contribution in [0.4, 0.5) is 0 Å². The van der Waals surface area contributed by atoms with Gasteiger partial charge in [0.1, 0.15) is 5.75 Å². The van der Waals surface area contributed by atoms with Crippen molar-refractivity contribution in [3.05, 3.63) is 35.9 Å². The van der Waals surface area contributed by atoms with Gasteiger partial charge in [0, 0.05) is 0 Å². The van der Waals surface area contributed by atoms with E-state index in [0.29, 0.717) is 5.56 Å². The summed E-state index contributed by atoms with van der Waals surface area (Å²) in [6.07, 6.45) is 0. The Morgan fingerprint density at radius 2 is 1.26 bits per heavy atom. The lowest BCUT2D eigenvalue weighted by Crippen LogP contribution is -2.00. The monoisotopic (exact) mass is 312 g/mol. The Hall–Kier alpha value is -0.960. The van der Waals surface area contributed by atoms with E-state index in [1.165, 1.54) is 6.92 Å². The maximum absolute atomic E-state index is 10.4. The van der Waals surface area contributed by atoms with Crippen molar-refractivity contribution in [2.24, 2.45) is 0 Å². The number of benzene rings is 1. The van der Waals surface area contributed by atoms with Gasteiger partial charge in [0.25, 0.3) is 20.2 Å². The lowest BCUT2D eigenvalue weighted by atomic mass is 10.2. The fourth-order valence-corrected chi connectivity index (χ4v) is 1.40. The van der Waals surface area contributed by atoms with Crippen LogP contribution in [0.15, 0.2) is 30.3 Å². The SMILES string of the molecule is CC.CCS(=O)(=O)O.O=S(=O)(O)Cc1ccccc1. The van der Waals surface area contributed by atoms with E-state index in [0.717, 1.165) is 0 Å². The van der Waals surface area contributed by atoms with Gasteiger partial charge in [0.05, 0.1) is 5.75 Å². The second-order valence-corrected chi connectivity index (χ2v) is 6.28. The minimum atomic E-state index is -3.88. The highest BCUT2D eigenvalue weighted by Gasteiger charge is 2.04. The molecule has 112 valence electrons. The van der Waals surface area contributed by atoms with Gasteiger partial charge in [-0.15, -0.1) is 0 Å². The molecule has 0 radical (unpaired) electrons. The number of hydrogen-bond donors (Lipinski definition) is 2. The molecule has 1 rings (SSSR count). The normalized spacial score (nSPS) is 10.6. The molecule has 0 aliphatic carbocycles. The van der Waals surface area contributed by atoms with E-state index >= 15 is 0 Å². The largest absolute Gasteiger partial charge is 0.286 e. The van der Waals surface area contributed by atoms with Crippen molar-refractivity contribution in [1.29, 1.82) is 0 Å². The Bertz CT molecular complexity index is 520. The molecule has 0 atom stereocenters. The number of rotatable bonds is 3. The molecule has 0 amide bonds. The highest BCUT2D eigenvalue weighted by Crippen LogP contribution is 2.02. The van der Waals surface area contributed by atoms with Gasteiger partial charge in [0.2, 0.25) is 0 Å². The Labute approximate surface area is 115 Å². The molecule has 6 nitrogen and oxygen atoms in total. The average molecular weight is 312 g/mol. The summed E-state index contributed by atoms with van der Waals surface area (Å²) in [5.74, 6) is -0.513. The topological polar surface area (TPSA) is 109 Å². The Kier molecular flexibility index (Phi) is 10.6. The van der Waals surface area contributed by atoms with E-state index in [4.69, 9.17) is 9.11 Å². The van der Waals surface area contributed by atoms with E-state index in [1.807, 2.05) is 13.8 Å². The zero-order valence-electron chi connectivity index (χ0n) is 11.1. The third kappa shape index (κ3) is 17.0. The van der Waals surface area contributed by atoms with Gasteiger partial charge < -0.3 is 0 Å². The maximum atomic E-state index is 10.4. The van der Waals surface area contributed by atoms with Crippen LogP contribution in [0.25, 0.3) is 0 Å². The van der Waals surface area contributed by atoms with Crippen LogP contribution < -0.4 is 0 Å². The minimum absolute atomic E-state index is 0.201. The van der Waals surface area contributed by atoms with Crippen molar-refractivity contribution in [2.75, 3.05) is 5.75 Å². The molecule has 2 N–H and O–H groups in total. The van der Waals surface area contributed by atoms with Crippen LogP contribution in [0.1, 0.15) is 26.3 Å². The summed E-state index contributed by atoms with van der Waals surface area (Å²) in [5.41, 5.74) is 0.593. The van der Waals surface area contributed by atoms with E-state index in [1.54, 1.807) is 30.3 Å². The lowest BCUT2D eigenvalue weighted by Gasteiger charge is -1.95. The van der Waals surface area contributed by atoms with Crippen molar-refractivity contribution in [1.82, 2.24) is 0 Å². The molecule has 0 unspecified atom stereocenters. The smallest absolute Gasteiger partial charge is 0.269 e. The van der Waals surface area contributed by atoms with Crippen LogP contribution in [0.5, 0.6) is 0 Å². The van der Waals surface area contributed by atoms with Crippen molar-refractivity contribution >= 4 is 20.2 Å². The first-order valence-corrected chi connectivity index (χ1v) is 8.80. The summed E-state index contributed by atoms with van der Waals surface area (Å²) < 4.78 is 56.1. The van der Waals surface area contributed by atoms with Crippen molar-refractivity contribution in [3.8, 4) is 0 Å². The molecular formula is C11H20O6S2. The van der Waals surface area contributed by atoms with Crippen LogP contribution >= 0.6 is 0 Å². The van der Waals surface area contributed by atoms with Crippen molar-refractivity contribution < 1.29 is 25.9 Å². The zero-order chi connectivity index (χ0) is 15.5. The van der Waals surface area contributed by atoms with Crippen molar-refractivity contribution in [3.63, 3.8) is 0 Å². The first-order valence-electron chi connectivity index (χ1n) is 5.58. The fourth-order valence-electron chi connectivity index (χ4n) is 0.785. The highest BCUT2D eigenvalue weighted by atomic mass is 32.2. The molecule has 0 bridgehead atoms. The molecule has 0 saturated heterocycles. The van der Waals surface area contributed by atoms with Crippen LogP contribution in [0.3, 0.4) is 0 Å². The molecule has 0 fully saturated rings. The zero-order valence-corrected chi connectivity index (χ0v) is 12.8. The average Bonchev–Trinajstić information content (AvgIpc) is 2.31. The molecule has 19 heavy (non-hydrogen) atoms. The fraction of sp³-hybridized carbons (Fsp3) is 0.455. The molecule has 8 heteroatoms. The lowest BCUT2D eigenvalue weighted by molar-refractivity contribution is 0.480. The first kappa shape index (κ1) is 20.4. The third-order valence-electron chi connectivity index (χ3n) is 1.56. The summed E-state index contributed by atoms with van der Waals surface area (Å²) in [6.45, 7) is 5.37. The molecular weight excluding hydrogens is 292 g/mol. The Morgan fingerprint density at radius 1 is 0.895 bits per heavy atom. The van der Waals surface area contributed by atoms with Crippen LogP contribution in [-0.4, -0.2) is 31.7 Å². The van der Waals surface area contributed by atoms with E-state index in [-0.39, 0.29) is 11.5 Å². The van der Waals surface area contributed by atoms with E-state index < -0.39 is 20.2 Å². The van der Waals surface area contributed by atoms with Gasteiger partial charge in [-0.3, -0.25) is 9.11 Å². The van der Waals surface area contributed by atoms with Crippen LogP contribution in [0.2, 0.25) is 0 Å². The maximum Gasteiger partial charge on any atom is 0.269 e. The Morgan fingerprint density at radius 3 is 1.53 bits per heavy atom. The predicted molar refractivity (Wildman–Crippen MR) is 75.1 cm³/mol. The Balaban J connectivity index is 0. The summed E-state index contributed by atoms with van der Waals surface area (Å²) in [7, 11) is -7.54. The van der Waals surface area contributed by atoms with Crippen LogP contribution in [0, 0.1) is 0 Å². The third-order valence-corrected chi connectivity index (χ3v) is 2.98. The molecule has 0 saturated carbocycles. The second-order valence-electron chi connectivity index (χ2n) is 3.08. The van der Waals surface area contributed by atoms with Crippen molar-refractivity contribution in [2.45, 2.75) is 26.5 Å². The van der Waals surface area contributed by atoms with Crippen LogP contribution in [-0.2, 0) is 26.0 Å².